The molecule has 4 nitrogen and oxygen atoms in total. The van der Waals surface area contributed by atoms with Gasteiger partial charge in [0.05, 0.1) is 12.1 Å². The fourth-order valence-electron chi connectivity index (χ4n) is 1.94. The van der Waals surface area contributed by atoms with Gasteiger partial charge in [-0.15, -0.1) is 0 Å². The summed E-state index contributed by atoms with van der Waals surface area (Å²) in [7, 11) is 0. The number of amides is 1. The molecule has 86 valence electrons. The Labute approximate surface area is 95.5 Å². The highest BCUT2D eigenvalue weighted by molar-refractivity contribution is 5.82. The lowest BCUT2D eigenvalue weighted by Gasteiger charge is -2.17. The lowest BCUT2D eigenvalue weighted by atomic mass is 10.1. The van der Waals surface area contributed by atoms with E-state index in [2.05, 4.69) is 15.6 Å². The molecular formula is C12H17N3O. The van der Waals surface area contributed by atoms with Crippen molar-refractivity contribution in [3.8, 4) is 0 Å². The molecule has 0 unspecified atom stereocenters. The van der Waals surface area contributed by atoms with E-state index in [-0.39, 0.29) is 18.0 Å². The maximum Gasteiger partial charge on any atom is 0.237 e. The number of nitrogens with zero attached hydrogens (tertiary/aromatic N) is 1. The average molecular weight is 219 g/mol. The monoisotopic (exact) mass is 219 g/mol. The molecule has 1 aromatic rings. The first kappa shape index (κ1) is 11.1. The van der Waals surface area contributed by atoms with Crippen LogP contribution in [0.15, 0.2) is 24.5 Å². The fourth-order valence-corrected chi connectivity index (χ4v) is 1.94. The first-order valence-corrected chi connectivity index (χ1v) is 5.71. The van der Waals surface area contributed by atoms with Gasteiger partial charge in [0, 0.05) is 12.4 Å². The summed E-state index contributed by atoms with van der Waals surface area (Å²) in [6.45, 7) is 2.92. The predicted octanol–water partition coefficient (Wildman–Crippen LogP) is 1.01. The molecule has 1 aliphatic heterocycles. The Kier molecular flexibility index (Phi) is 3.51. The van der Waals surface area contributed by atoms with Crippen molar-refractivity contribution in [1.29, 1.82) is 0 Å². The minimum Gasteiger partial charge on any atom is -0.348 e. The maximum absolute atomic E-state index is 11.8. The highest BCUT2D eigenvalue weighted by Crippen LogP contribution is 2.12. The molecule has 0 radical (unpaired) electrons. The summed E-state index contributed by atoms with van der Waals surface area (Å²) >= 11 is 0. The van der Waals surface area contributed by atoms with E-state index >= 15 is 0 Å². The molecule has 2 N–H and O–H groups in total. The summed E-state index contributed by atoms with van der Waals surface area (Å²) in [5.41, 5.74) is 1.04. The molecule has 1 amide bonds. The number of hydrogen-bond donors (Lipinski definition) is 2. The van der Waals surface area contributed by atoms with E-state index in [4.69, 9.17) is 0 Å². The third-order valence-electron chi connectivity index (χ3n) is 2.92. The van der Waals surface area contributed by atoms with E-state index in [1.165, 1.54) is 0 Å². The first-order chi connectivity index (χ1) is 7.77. The van der Waals surface area contributed by atoms with Crippen molar-refractivity contribution in [2.45, 2.75) is 31.8 Å². The predicted molar refractivity (Wildman–Crippen MR) is 61.8 cm³/mol. The van der Waals surface area contributed by atoms with Crippen LogP contribution in [-0.2, 0) is 4.79 Å². The van der Waals surface area contributed by atoms with Gasteiger partial charge in [-0.1, -0.05) is 6.07 Å². The van der Waals surface area contributed by atoms with Crippen molar-refractivity contribution in [2.24, 2.45) is 0 Å². The molecule has 1 aromatic heterocycles. The molecule has 1 fully saturated rings. The summed E-state index contributed by atoms with van der Waals surface area (Å²) in [6, 6.07) is 3.86. The quantitative estimate of drug-likeness (QED) is 0.797. The third-order valence-corrected chi connectivity index (χ3v) is 2.92. The number of carbonyl (C=O) groups excluding carboxylic acids is 1. The molecular weight excluding hydrogens is 202 g/mol. The topological polar surface area (TPSA) is 54.0 Å². The van der Waals surface area contributed by atoms with Crippen molar-refractivity contribution in [1.82, 2.24) is 15.6 Å². The molecule has 1 saturated heterocycles. The molecule has 4 heteroatoms. The summed E-state index contributed by atoms with van der Waals surface area (Å²) in [5.74, 6) is 0.0915. The second kappa shape index (κ2) is 5.07. The number of pyridine rings is 1. The number of rotatable bonds is 3. The lowest BCUT2D eigenvalue weighted by molar-refractivity contribution is -0.123. The second-order valence-corrected chi connectivity index (χ2v) is 4.17. The van der Waals surface area contributed by atoms with E-state index in [0.717, 1.165) is 24.9 Å². The standard InChI is InChI=1S/C12H17N3O/c1-9(10-4-2-6-13-8-10)15-12(16)11-5-3-7-14-11/h2,4,6,8-9,11,14H,3,5,7H2,1H3,(H,15,16)/t9-,11+/m1/s1. The maximum atomic E-state index is 11.8. The largest absolute Gasteiger partial charge is 0.348 e. The molecule has 0 bridgehead atoms. The second-order valence-electron chi connectivity index (χ2n) is 4.17. The van der Waals surface area contributed by atoms with Gasteiger partial charge >= 0.3 is 0 Å². The van der Waals surface area contributed by atoms with Gasteiger partial charge in [0.2, 0.25) is 5.91 Å². The van der Waals surface area contributed by atoms with Crippen LogP contribution in [0, 0.1) is 0 Å². The molecule has 0 aromatic carbocycles. The first-order valence-electron chi connectivity index (χ1n) is 5.71. The van der Waals surface area contributed by atoms with Crippen molar-refractivity contribution in [3.05, 3.63) is 30.1 Å². The minimum absolute atomic E-state index is 0.0147. The molecule has 0 aliphatic carbocycles. The molecule has 2 atom stereocenters. The average Bonchev–Trinajstić information content (AvgIpc) is 2.83. The van der Waals surface area contributed by atoms with Crippen LogP contribution in [0.25, 0.3) is 0 Å². The van der Waals surface area contributed by atoms with Crippen molar-refractivity contribution < 1.29 is 4.79 Å². The van der Waals surface area contributed by atoms with E-state index in [0.29, 0.717) is 0 Å². The SMILES string of the molecule is C[C@@H](NC(=O)[C@@H]1CCCN1)c1cccnc1. The Morgan fingerprint density at radius 3 is 3.19 bits per heavy atom. The summed E-state index contributed by atoms with van der Waals surface area (Å²) in [6.07, 6.45) is 5.54. The highest BCUT2D eigenvalue weighted by atomic mass is 16.2. The van der Waals surface area contributed by atoms with Gasteiger partial charge in [-0.2, -0.15) is 0 Å². The Balaban J connectivity index is 1.92. The van der Waals surface area contributed by atoms with Gasteiger partial charge in [0.1, 0.15) is 0 Å². The molecule has 0 spiro atoms. The van der Waals surface area contributed by atoms with Crippen molar-refractivity contribution in [3.63, 3.8) is 0 Å². The van der Waals surface area contributed by atoms with Gasteiger partial charge < -0.3 is 10.6 Å². The Bertz CT molecular complexity index is 347. The zero-order valence-corrected chi connectivity index (χ0v) is 9.44. The van der Waals surface area contributed by atoms with Gasteiger partial charge in [-0.3, -0.25) is 9.78 Å². The molecule has 16 heavy (non-hydrogen) atoms. The van der Waals surface area contributed by atoms with E-state index in [1.807, 2.05) is 19.1 Å². The summed E-state index contributed by atoms with van der Waals surface area (Å²) < 4.78 is 0. The zero-order valence-electron chi connectivity index (χ0n) is 9.44. The number of carbonyl (C=O) groups is 1. The molecule has 1 aliphatic rings. The van der Waals surface area contributed by atoms with E-state index in [9.17, 15) is 4.79 Å². The Morgan fingerprint density at radius 2 is 2.56 bits per heavy atom. The van der Waals surface area contributed by atoms with Gasteiger partial charge in [-0.05, 0) is 37.9 Å². The Morgan fingerprint density at radius 1 is 1.69 bits per heavy atom. The van der Waals surface area contributed by atoms with Crippen LogP contribution < -0.4 is 10.6 Å². The van der Waals surface area contributed by atoms with Crippen LogP contribution in [-0.4, -0.2) is 23.5 Å². The minimum atomic E-state index is -0.0147. The van der Waals surface area contributed by atoms with Gasteiger partial charge in [0.25, 0.3) is 0 Å². The lowest BCUT2D eigenvalue weighted by Crippen LogP contribution is -2.41. The van der Waals surface area contributed by atoms with Crippen LogP contribution >= 0.6 is 0 Å². The summed E-state index contributed by atoms with van der Waals surface area (Å²) in [5, 5.41) is 6.18. The number of aromatic nitrogens is 1. The number of nitrogens with one attached hydrogen (secondary N) is 2. The van der Waals surface area contributed by atoms with Crippen LogP contribution in [0.1, 0.15) is 31.4 Å². The molecule has 2 heterocycles. The van der Waals surface area contributed by atoms with E-state index < -0.39 is 0 Å². The smallest absolute Gasteiger partial charge is 0.237 e. The van der Waals surface area contributed by atoms with Crippen LogP contribution in [0.3, 0.4) is 0 Å². The van der Waals surface area contributed by atoms with Crippen LogP contribution in [0.2, 0.25) is 0 Å². The fraction of sp³-hybridized carbons (Fsp3) is 0.500. The normalized spacial score (nSPS) is 21.7. The summed E-state index contributed by atoms with van der Waals surface area (Å²) in [4.78, 5) is 15.9. The van der Waals surface area contributed by atoms with Crippen LogP contribution in [0.5, 0.6) is 0 Å². The third kappa shape index (κ3) is 2.58. The van der Waals surface area contributed by atoms with Crippen molar-refractivity contribution >= 4 is 5.91 Å². The zero-order chi connectivity index (χ0) is 11.4. The van der Waals surface area contributed by atoms with Crippen LogP contribution in [0.4, 0.5) is 0 Å². The van der Waals surface area contributed by atoms with E-state index in [1.54, 1.807) is 12.4 Å². The van der Waals surface area contributed by atoms with Gasteiger partial charge in [-0.25, -0.2) is 0 Å². The Hall–Kier alpha value is -1.42. The van der Waals surface area contributed by atoms with Crippen molar-refractivity contribution in [2.75, 3.05) is 6.54 Å². The number of hydrogen-bond acceptors (Lipinski definition) is 3. The molecule has 0 saturated carbocycles. The molecule has 2 rings (SSSR count). The van der Waals surface area contributed by atoms with Gasteiger partial charge in [0.15, 0.2) is 0 Å². The highest BCUT2D eigenvalue weighted by Gasteiger charge is 2.23.